The van der Waals surface area contributed by atoms with Crippen molar-refractivity contribution >= 4 is 27.3 Å². The lowest BCUT2D eigenvalue weighted by molar-refractivity contribution is -0.387. The van der Waals surface area contributed by atoms with E-state index >= 15 is 0 Å². The third-order valence-electron chi connectivity index (χ3n) is 4.91. The molecule has 3 aromatic carbocycles. The summed E-state index contributed by atoms with van der Waals surface area (Å²) in [5, 5.41) is 11.5. The molecule has 3 rings (SSSR count). The van der Waals surface area contributed by atoms with Crippen LogP contribution in [-0.4, -0.2) is 37.3 Å². The van der Waals surface area contributed by atoms with Crippen molar-refractivity contribution in [2.45, 2.75) is 11.8 Å². The lowest BCUT2D eigenvalue weighted by Crippen LogP contribution is -2.35. The molecule has 0 amide bonds. The van der Waals surface area contributed by atoms with Gasteiger partial charge in [0.2, 0.25) is 0 Å². The van der Waals surface area contributed by atoms with Crippen molar-refractivity contribution in [3.63, 3.8) is 0 Å². The third kappa shape index (κ3) is 4.78. The second-order valence-corrected chi connectivity index (χ2v) is 8.67. The number of methoxy groups -OCH3 is 1. The molecular weight excluding hydrogens is 444 g/mol. The van der Waals surface area contributed by atoms with Gasteiger partial charge in [-0.3, -0.25) is 14.4 Å². The lowest BCUT2D eigenvalue weighted by atomic mass is 9.95. The van der Waals surface area contributed by atoms with Crippen molar-refractivity contribution in [2.24, 2.45) is 0 Å². The lowest BCUT2D eigenvalue weighted by Gasteiger charge is -2.27. The summed E-state index contributed by atoms with van der Waals surface area (Å²) < 4.78 is 33.2. The molecular formula is C24H22N2O6S. The van der Waals surface area contributed by atoms with Crippen LogP contribution in [0.4, 0.5) is 5.69 Å². The highest BCUT2D eigenvalue weighted by Gasteiger charge is 2.36. The van der Waals surface area contributed by atoms with Gasteiger partial charge in [0.25, 0.3) is 15.7 Å². The van der Waals surface area contributed by atoms with E-state index < -0.39 is 31.5 Å². The van der Waals surface area contributed by atoms with E-state index in [9.17, 15) is 23.3 Å². The Morgan fingerprint density at radius 3 is 1.85 bits per heavy atom. The molecule has 170 valence electrons. The number of likely N-dealkylation sites (N-methyl/N-ethyl adjacent to an activating group) is 1. The highest BCUT2D eigenvalue weighted by atomic mass is 32.2. The second-order valence-electron chi connectivity index (χ2n) is 6.84. The average Bonchev–Trinajstić information content (AvgIpc) is 2.84. The van der Waals surface area contributed by atoms with Crippen molar-refractivity contribution in [3.8, 4) is 0 Å². The number of ether oxygens (including phenoxy) is 1. The Balaban J connectivity index is 2.40. The average molecular weight is 467 g/mol. The Bertz CT molecular complexity index is 1250. The van der Waals surface area contributed by atoms with Gasteiger partial charge in [-0.05, 0) is 24.1 Å². The molecule has 8 nitrogen and oxygen atoms in total. The van der Waals surface area contributed by atoms with E-state index in [4.69, 9.17) is 4.74 Å². The maximum Gasteiger partial charge on any atom is 0.356 e. The maximum atomic E-state index is 13.7. The number of nitro benzene ring substituents is 1. The minimum Gasteiger partial charge on any atom is -0.464 e. The summed E-state index contributed by atoms with van der Waals surface area (Å²) in [6, 6.07) is 22.7. The summed E-state index contributed by atoms with van der Waals surface area (Å²) in [7, 11) is -3.36. The van der Waals surface area contributed by atoms with Gasteiger partial charge in [0.15, 0.2) is 4.90 Å². The molecule has 0 N–H and O–H groups in total. The van der Waals surface area contributed by atoms with Gasteiger partial charge in [-0.15, -0.1) is 0 Å². The van der Waals surface area contributed by atoms with Crippen LogP contribution in [0.15, 0.2) is 95.5 Å². The predicted molar refractivity (Wildman–Crippen MR) is 124 cm³/mol. The van der Waals surface area contributed by atoms with Crippen molar-refractivity contribution in [3.05, 3.63) is 112 Å². The van der Waals surface area contributed by atoms with Gasteiger partial charge in [0, 0.05) is 18.2 Å². The Hall–Kier alpha value is -3.98. The van der Waals surface area contributed by atoms with Crippen molar-refractivity contribution in [1.29, 1.82) is 0 Å². The van der Waals surface area contributed by atoms with Crippen molar-refractivity contribution in [2.75, 3.05) is 13.7 Å². The number of carbonyl (C=O) groups is 1. The molecule has 9 heteroatoms. The fourth-order valence-corrected chi connectivity index (χ4v) is 5.11. The Kier molecular flexibility index (Phi) is 7.24. The number of hydrogen-bond donors (Lipinski definition) is 0. The second kappa shape index (κ2) is 10.1. The number of esters is 1. The molecule has 0 aliphatic carbocycles. The maximum absolute atomic E-state index is 13.7. The number of rotatable bonds is 8. The quantitative estimate of drug-likeness (QED) is 0.213. The normalized spacial score (nSPS) is 10.8. The first-order valence-corrected chi connectivity index (χ1v) is 11.5. The number of carbonyl (C=O) groups excluding carboxylic acids is 1. The highest BCUT2D eigenvalue weighted by Crippen LogP contribution is 2.34. The first kappa shape index (κ1) is 23.7. The summed E-state index contributed by atoms with van der Waals surface area (Å²) >= 11 is 0. The molecule has 0 heterocycles. The molecule has 33 heavy (non-hydrogen) atoms. The summed E-state index contributed by atoms with van der Waals surface area (Å²) in [6.07, 6.45) is 0. The van der Waals surface area contributed by atoms with Gasteiger partial charge in [-0.2, -0.15) is 0 Å². The summed E-state index contributed by atoms with van der Waals surface area (Å²) in [5.74, 6) is -0.887. The number of para-hydroxylation sites is 1. The van der Waals surface area contributed by atoms with Gasteiger partial charge in [-0.25, -0.2) is 13.2 Å². The van der Waals surface area contributed by atoms with Crippen LogP contribution in [-0.2, 0) is 19.6 Å². The van der Waals surface area contributed by atoms with E-state index in [1.807, 2.05) is 0 Å². The fraction of sp³-hybridized carbons (Fsp3) is 0.125. The van der Waals surface area contributed by atoms with Gasteiger partial charge in [0.1, 0.15) is 5.70 Å². The van der Waals surface area contributed by atoms with E-state index in [2.05, 4.69) is 0 Å². The van der Waals surface area contributed by atoms with E-state index in [1.165, 1.54) is 12.1 Å². The molecule has 0 fully saturated rings. The molecule has 0 unspecified atom stereocenters. The number of benzene rings is 3. The topological polar surface area (TPSA) is 107 Å². The summed E-state index contributed by atoms with van der Waals surface area (Å²) in [5.41, 5.74) is 0.671. The van der Waals surface area contributed by atoms with Crippen LogP contribution in [0.5, 0.6) is 0 Å². The largest absolute Gasteiger partial charge is 0.464 e. The van der Waals surface area contributed by atoms with Crippen LogP contribution < -0.4 is 0 Å². The number of nitrogens with zero attached hydrogens (tertiary/aromatic N) is 2. The van der Waals surface area contributed by atoms with Crippen LogP contribution in [0.2, 0.25) is 0 Å². The fourth-order valence-electron chi connectivity index (χ4n) is 3.47. The van der Waals surface area contributed by atoms with Crippen molar-refractivity contribution < 1.29 is 22.9 Å². The number of sulfonamides is 1. The Morgan fingerprint density at radius 1 is 0.909 bits per heavy atom. The molecule has 0 aliphatic rings. The summed E-state index contributed by atoms with van der Waals surface area (Å²) in [4.78, 5) is 23.3. The first-order chi connectivity index (χ1) is 15.8. The Labute approximate surface area is 191 Å². The zero-order chi connectivity index (χ0) is 24.0. The minimum absolute atomic E-state index is 0.165. The van der Waals surface area contributed by atoms with Gasteiger partial charge >= 0.3 is 5.97 Å². The first-order valence-electron chi connectivity index (χ1n) is 10.0. The van der Waals surface area contributed by atoms with Crippen LogP contribution in [0.3, 0.4) is 0 Å². The molecule has 0 saturated heterocycles. The minimum atomic E-state index is -4.51. The zero-order valence-corrected chi connectivity index (χ0v) is 18.9. The van der Waals surface area contributed by atoms with Gasteiger partial charge < -0.3 is 4.74 Å². The molecule has 0 aromatic heterocycles. The molecule has 0 aliphatic heterocycles. The van der Waals surface area contributed by atoms with Crippen LogP contribution in [0.1, 0.15) is 18.1 Å². The van der Waals surface area contributed by atoms with E-state index in [1.54, 1.807) is 67.6 Å². The van der Waals surface area contributed by atoms with Crippen LogP contribution in [0, 0.1) is 10.1 Å². The van der Waals surface area contributed by atoms with Gasteiger partial charge in [-0.1, -0.05) is 72.8 Å². The standard InChI is InChI=1S/C24H22N2O6S/c1-3-25(33(30,31)21-17-11-10-16-20(21)26(28)29)23(24(27)32-2)22(18-12-6-4-7-13-18)19-14-8-5-9-15-19/h4-17H,3H2,1-2H3. The van der Waals surface area contributed by atoms with E-state index in [0.29, 0.717) is 16.7 Å². The predicted octanol–water partition coefficient (Wildman–Crippen LogP) is 4.24. The van der Waals surface area contributed by atoms with Gasteiger partial charge in [0.05, 0.1) is 12.0 Å². The molecule has 0 spiro atoms. The molecule has 0 bridgehead atoms. The number of nitro groups is 1. The highest BCUT2D eigenvalue weighted by molar-refractivity contribution is 7.89. The molecule has 3 aromatic rings. The van der Waals surface area contributed by atoms with E-state index in [-0.39, 0.29) is 12.2 Å². The van der Waals surface area contributed by atoms with E-state index in [0.717, 1.165) is 23.5 Å². The van der Waals surface area contributed by atoms with Crippen molar-refractivity contribution in [1.82, 2.24) is 4.31 Å². The van der Waals surface area contributed by atoms with Crippen LogP contribution >= 0.6 is 0 Å². The SMILES string of the molecule is CCN(C(C(=O)OC)=C(c1ccccc1)c1ccccc1)S(=O)(=O)c1ccccc1[N+](=O)[O-]. The molecule has 0 radical (unpaired) electrons. The monoisotopic (exact) mass is 466 g/mol. The Morgan fingerprint density at radius 2 is 1.39 bits per heavy atom. The number of hydrogen-bond acceptors (Lipinski definition) is 6. The summed E-state index contributed by atoms with van der Waals surface area (Å²) in [6.45, 7) is 1.38. The van der Waals surface area contributed by atoms with Crippen LogP contribution in [0.25, 0.3) is 5.57 Å². The molecule has 0 atom stereocenters. The third-order valence-corrected chi connectivity index (χ3v) is 6.83. The molecule has 0 saturated carbocycles. The smallest absolute Gasteiger partial charge is 0.356 e. The zero-order valence-electron chi connectivity index (χ0n) is 18.0.